The van der Waals surface area contributed by atoms with Crippen LogP contribution in [0, 0.1) is 5.82 Å². The molecule has 0 aliphatic carbocycles. The highest BCUT2D eigenvalue weighted by molar-refractivity contribution is 5.89. The zero-order valence-electron chi connectivity index (χ0n) is 15.3. The number of imidazole rings is 1. The first kappa shape index (κ1) is 17.3. The number of H-pyrrole nitrogens is 1. The van der Waals surface area contributed by atoms with Crippen molar-refractivity contribution in [1.82, 2.24) is 19.9 Å². The van der Waals surface area contributed by atoms with E-state index in [1.54, 1.807) is 12.1 Å². The number of nitrogens with one attached hydrogen (secondary N) is 1. The van der Waals surface area contributed by atoms with E-state index in [0.717, 1.165) is 25.1 Å². The summed E-state index contributed by atoms with van der Waals surface area (Å²) in [5.74, 6) is -1.17. The first-order valence-corrected chi connectivity index (χ1v) is 9.22. The van der Waals surface area contributed by atoms with E-state index < -0.39 is 5.97 Å². The van der Waals surface area contributed by atoms with E-state index in [4.69, 9.17) is 0 Å². The third kappa shape index (κ3) is 2.98. The lowest BCUT2D eigenvalue weighted by atomic mass is 10.0. The van der Waals surface area contributed by atoms with Crippen molar-refractivity contribution in [2.24, 2.45) is 0 Å². The van der Waals surface area contributed by atoms with Crippen LogP contribution < -0.4 is 4.90 Å². The van der Waals surface area contributed by atoms with Crippen molar-refractivity contribution in [2.45, 2.75) is 12.8 Å². The lowest BCUT2D eigenvalue weighted by Gasteiger charge is -2.31. The molecule has 4 aromatic rings. The molecule has 1 aliphatic rings. The molecule has 0 radical (unpaired) electrons. The first-order chi connectivity index (χ1) is 14.1. The Bertz CT molecular complexity index is 1240. The second kappa shape index (κ2) is 6.66. The van der Waals surface area contributed by atoms with Crippen LogP contribution in [0.4, 0.5) is 15.9 Å². The van der Waals surface area contributed by atoms with E-state index in [2.05, 4.69) is 30.9 Å². The molecule has 0 amide bonds. The van der Waals surface area contributed by atoms with Crippen LogP contribution in [0.2, 0.25) is 0 Å². The molecule has 2 N–H and O–H groups in total. The topological polar surface area (TPSA) is 95.0 Å². The number of aromatic nitrogens is 4. The molecule has 144 valence electrons. The maximum absolute atomic E-state index is 13.5. The predicted molar refractivity (Wildman–Crippen MR) is 106 cm³/mol. The molecular weight excluding hydrogens is 373 g/mol. The third-order valence-corrected chi connectivity index (χ3v) is 5.00. The number of benzene rings is 2. The molecule has 7 nitrogen and oxygen atoms in total. The maximum atomic E-state index is 13.5. The van der Waals surface area contributed by atoms with Crippen LogP contribution in [-0.4, -0.2) is 37.6 Å². The number of aromatic carboxylic acids is 1. The van der Waals surface area contributed by atoms with Gasteiger partial charge < -0.3 is 15.0 Å². The van der Waals surface area contributed by atoms with Gasteiger partial charge in [0.15, 0.2) is 17.1 Å². The molecule has 0 saturated carbocycles. The average molecular weight is 389 g/mol. The smallest absolute Gasteiger partial charge is 0.372 e. The molecule has 0 atom stereocenters. The van der Waals surface area contributed by atoms with E-state index in [0.29, 0.717) is 22.7 Å². The molecule has 0 fully saturated rings. The monoisotopic (exact) mass is 389 g/mol. The van der Waals surface area contributed by atoms with Gasteiger partial charge in [0.05, 0.1) is 0 Å². The fraction of sp³-hybridized carbons (Fsp3) is 0.143. The molecule has 2 aromatic carbocycles. The molecule has 0 bridgehead atoms. The number of carboxylic acids is 1. The van der Waals surface area contributed by atoms with Crippen molar-refractivity contribution in [2.75, 3.05) is 11.4 Å². The van der Waals surface area contributed by atoms with Gasteiger partial charge in [0.25, 0.3) is 0 Å². The highest BCUT2D eigenvalue weighted by Crippen LogP contribution is 2.37. The summed E-state index contributed by atoms with van der Waals surface area (Å²) in [6, 6.07) is 14.1. The molecular formula is C21H16FN5O2. The van der Waals surface area contributed by atoms with Crippen molar-refractivity contribution in [3.8, 4) is 11.3 Å². The van der Waals surface area contributed by atoms with Crippen LogP contribution in [0.25, 0.3) is 22.6 Å². The van der Waals surface area contributed by atoms with Crippen molar-refractivity contribution in [3.63, 3.8) is 0 Å². The zero-order valence-corrected chi connectivity index (χ0v) is 15.3. The molecule has 2 aromatic heterocycles. The van der Waals surface area contributed by atoms with Crippen LogP contribution in [0.3, 0.4) is 0 Å². The van der Waals surface area contributed by atoms with Crippen LogP contribution in [-0.2, 0) is 6.42 Å². The molecule has 0 saturated heterocycles. The number of aryl methyl sites for hydroxylation is 1. The van der Waals surface area contributed by atoms with Gasteiger partial charge in [-0.15, -0.1) is 0 Å². The number of hydrogen-bond acceptors (Lipinski definition) is 5. The van der Waals surface area contributed by atoms with Gasteiger partial charge in [-0.3, -0.25) is 0 Å². The van der Waals surface area contributed by atoms with Crippen LogP contribution >= 0.6 is 0 Å². The van der Waals surface area contributed by atoms with Gasteiger partial charge in [-0.05, 0) is 48.7 Å². The summed E-state index contributed by atoms with van der Waals surface area (Å²) < 4.78 is 13.5. The van der Waals surface area contributed by atoms with Gasteiger partial charge in [0.2, 0.25) is 5.82 Å². The molecule has 0 spiro atoms. The lowest BCUT2D eigenvalue weighted by Crippen LogP contribution is -2.26. The minimum absolute atomic E-state index is 0.204. The van der Waals surface area contributed by atoms with Gasteiger partial charge in [0.1, 0.15) is 11.5 Å². The highest BCUT2D eigenvalue weighted by Gasteiger charge is 2.25. The Kier molecular flexibility index (Phi) is 3.97. The van der Waals surface area contributed by atoms with E-state index in [9.17, 15) is 14.3 Å². The number of rotatable bonds is 3. The summed E-state index contributed by atoms with van der Waals surface area (Å²) in [7, 11) is 0. The Balaban J connectivity index is 1.75. The standard InChI is InChI=1S/C21H16FN5O2/c22-14-9-7-13(8-10-14)16-20(26-18-17(23-16)24-19(25-18)21(28)29)27-11-3-5-12-4-1-2-6-15(12)27/h1-2,4,6-10H,3,5,11H2,(H,28,29)(H,23,24,25,26). The Morgan fingerprint density at radius 2 is 1.86 bits per heavy atom. The normalized spacial score (nSPS) is 13.5. The second-order valence-corrected chi connectivity index (χ2v) is 6.85. The Labute approximate surface area is 164 Å². The number of hydrogen-bond donors (Lipinski definition) is 2. The van der Waals surface area contributed by atoms with E-state index in [1.807, 2.05) is 18.2 Å². The number of fused-ring (bicyclic) bond motifs is 2. The average Bonchev–Trinajstić information content (AvgIpc) is 3.16. The number of halogens is 1. The highest BCUT2D eigenvalue weighted by atomic mass is 19.1. The minimum atomic E-state index is -1.18. The van der Waals surface area contributed by atoms with E-state index in [1.165, 1.54) is 17.7 Å². The fourth-order valence-corrected chi connectivity index (χ4v) is 3.67. The largest absolute Gasteiger partial charge is 0.475 e. The van der Waals surface area contributed by atoms with Crippen LogP contribution in [0.1, 0.15) is 22.6 Å². The fourth-order valence-electron chi connectivity index (χ4n) is 3.67. The van der Waals surface area contributed by atoms with Crippen LogP contribution in [0.5, 0.6) is 0 Å². The predicted octanol–water partition coefficient (Wildman–Crippen LogP) is 3.94. The summed E-state index contributed by atoms with van der Waals surface area (Å²) in [5.41, 5.74) is 3.95. The number of para-hydroxylation sites is 1. The third-order valence-electron chi connectivity index (χ3n) is 5.00. The van der Waals surface area contributed by atoms with Gasteiger partial charge in [0, 0.05) is 17.8 Å². The summed E-state index contributed by atoms with van der Waals surface area (Å²) >= 11 is 0. The summed E-state index contributed by atoms with van der Waals surface area (Å²) in [6.07, 6.45) is 1.92. The van der Waals surface area contributed by atoms with Crippen molar-refractivity contribution in [3.05, 3.63) is 65.7 Å². The van der Waals surface area contributed by atoms with Crippen LogP contribution in [0.15, 0.2) is 48.5 Å². The Morgan fingerprint density at radius 3 is 2.66 bits per heavy atom. The van der Waals surface area contributed by atoms with Gasteiger partial charge >= 0.3 is 5.97 Å². The number of aromatic amines is 1. The minimum Gasteiger partial charge on any atom is -0.475 e. The maximum Gasteiger partial charge on any atom is 0.372 e. The first-order valence-electron chi connectivity index (χ1n) is 9.22. The van der Waals surface area contributed by atoms with E-state index in [-0.39, 0.29) is 17.3 Å². The summed E-state index contributed by atoms with van der Waals surface area (Å²) in [5, 5.41) is 9.25. The SMILES string of the molecule is O=C(O)c1nc2nc(-c3ccc(F)cc3)c(N3CCCc4ccccc43)nc2[nH]1. The lowest BCUT2D eigenvalue weighted by molar-refractivity contribution is 0.0685. The summed E-state index contributed by atoms with van der Waals surface area (Å²) in [6.45, 7) is 0.741. The molecule has 29 heavy (non-hydrogen) atoms. The number of carboxylic acid groups (broad SMARTS) is 1. The number of nitrogens with zero attached hydrogens (tertiary/aromatic N) is 4. The van der Waals surface area contributed by atoms with Crippen molar-refractivity contribution >= 4 is 28.8 Å². The van der Waals surface area contributed by atoms with Gasteiger partial charge in [-0.25, -0.2) is 24.1 Å². The van der Waals surface area contributed by atoms with Crippen molar-refractivity contribution < 1.29 is 14.3 Å². The molecule has 0 unspecified atom stereocenters. The number of carbonyl (C=O) groups is 1. The number of anilines is 2. The second-order valence-electron chi connectivity index (χ2n) is 6.85. The van der Waals surface area contributed by atoms with Crippen molar-refractivity contribution in [1.29, 1.82) is 0 Å². The zero-order chi connectivity index (χ0) is 20.0. The van der Waals surface area contributed by atoms with Gasteiger partial charge in [-0.1, -0.05) is 18.2 Å². The molecule has 1 aliphatic heterocycles. The Hall–Kier alpha value is -3.81. The molecule has 8 heteroatoms. The van der Waals surface area contributed by atoms with Gasteiger partial charge in [-0.2, -0.15) is 0 Å². The Morgan fingerprint density at radius 1 is 1.07 bits per heavy atom. The summed E-state index contributed by atoms with van der Waals surface area (Å²) in [4.78, 5) is 29.4. The molecule has 5 rings (SSSR count). The molecule has 3 heterocycles. The van der Waals surface area contributed by atoms with E-state index >= 15 is 0 Å². The quantitative estimate of drug-likeness (QED) is 0.551.